The first kappa shape index (κ1) is 19.2. The molecule has 1 fully saturated rings. The van der Waals surface area contributed by atoms with E-state index in [1.165, 1.54) is 5.56 Å². The molecule has 0 atom stereocenters. The first-order valence-corrected chi connectivity index (χ1v) is 9.95. The van der Waals surface area contributed by atoms with Crippen LogP contribution >= 0.6 is 11.6 Å². The van der Waals surface area contributed by atoms with Gasteiger partial charge in [-0.3, -0.25) is 0 Å². The van der Waals surface area contributed by atoms with Crippen molar-refractivity contribution in [2.24, 2.45) is 0 Å². The van der Waals surface area contributed by atoms with E-state index in [9.17, 15) is 4.79 Å². The highest BCUT2D eigenvalue weighted by molar-refractivity contribution is 6.33. The third-order valence-electron chi connectivity index (χ3n) is 5.08. The van der Waals surface area contributed by atoms with Gasteiger partial charge in [-0.05, 0) is 36.8 Å². The lowest BCUT2D eigenvalue weighted by atomic mass is 10.1. The highest BCUT2D eigenvalue weighted by Crippen LogP contribution is 2.23. The number of carbonyl (C=O) groups is 1. The van der Waals surface area contributed by atoms with Gasteiger partial charge >= 0.3 is 6.03 Å². The fourth-order valence-electron chi connectivity index (χ4n) is 3.39. The van der Waals surface area contributed by atoms with Crippen LogP contribution in [0.1, 0.15) is 5.56 Å². The lowest BCUT2D eigenvalue weighted by Crippen LogP contribution is -2.50. The number of amides is 2. The number of anilines is 2. The Kier molecular flexibility index (Phi) is 5.62. The molecular weight excluding hydrogens is 386 g/mol. The van der Waals surface area contributed by atoms with Crippen LogP contribution in [0.5, 0.6) is 0 Å². The largest absolute Gasteiger partial charge is 0.352 e. The minimum atomic E-state index is -0.140. The summed E-state index contributed by atoms with van der Waals surface area (Å²) < 4.78 is 0. The fourth-order valence-corrected chi connectivity index (χ4v) is 3.58. The first-order chi connectivity index (χ1) is 14.1. The molecule has 7 heteroatoms. The fraction of sp³-hybridized carbons (Fsp3) is 0.227. The molecule has 1 aliphatic rings. The molecule has 2 amide bonds. The van der Waals surface area contributed by atoms with Gasteiger partial charge in [0.1, 0.15) is 0 Å². The molecule has 4 rings (SSSR count). The molecule has 0 unspecified atom stereocenters. The second-order valence-corrected chi connectivity index (χ2v) is 7.38. The summed E-state index contributed by atoms with van der Waals surface area (Å²) in [4.78, 5) is 16.4. The van der Waals surface area contributed by atoms with Crippen molar-refractivity contribution in [3.63, 3.8) is 0 Å². The van der Waals surface area contributed by atoms with Crippen molar-refractivity contribution in [3.05, 3.63) is 71.2 Å². The Balaban J connectivity index is 1.36. The number of nitrogens with one attached hydrogen (secondary N) is 1. The minimum Gasteiger partial charge on any atom is -0.352 e. The highest BCUT2D eigenvalue weighted by atomic mass is 35.5. The predicted octanol–water partition coefficient (Wildman–Crippen LogP) is 4.46. The van der Waals surface area contributed by atoms with E-state index in [0.29, 0.717) is 36.9 Å². The number of aromatic nitrogens is 2. The van der Waals surface area contributed by atoms with Crippen LogP contribution in [0.2, 0.25) is 5.02 Å². The zero-order valence-electron chi connectivity index (χ0n) is 16.2. The predicted molar refractivity (Wildman–Crippen MR) is 116 cm³/mol. The zero-order chi connectivity index (χ0) is 20.2. The van der Waals surface area contributed by atoms with E-state index in [1.807, 2.05) is 36.4 Å². The average molecular weight is 408 g/mol. The lowest BCUT2D eigenvalue weighted by Gasteiger charge is -2.35. The summed E-state index contributed by atoms with van der Waals surface area (Å²) in [7, 11) is 0. The van der Waals surface area contributed by atoms with Gasteiger partial charge < -0.3 is 15.1 Å². The molecule has 1 aliphatic heterocycles. The Morgan fingerprint density at radius 3 is 2.34 bits per heavy atom. The molecule has 3 aromatic rings. The maximum atomic E-state index is 12.5. The van der Waals surface area contributed by atoms with Crippen LogP contribution in [0.25, 0.3) is 11.3 Å². The van der Waals surface area contributed by atoms with Crippen molar-refractivity contribution in [1.82, 2.24) is 15.1 Å². The Morgan fingerprint density at radius 2 is 1.66 bits per heavy atom. The maximum Gasteiger partial charge on any atom is 0.322 e. The van der Waals surface area contributed by atoms with Gasteiger partial charge in [0.15, 0.2) is 5.82 Å². The number of carbonyl (C=O) groups excluding carboxylic acids is 1. The number of piperazine rings is 1. The van der Waals surface area contributed by atoms with Crippen LogP contribution in [0, 0.1) is 6.92 Å². The van der Waals surface area contributed by atoms with E-state index in [1.54, 1.807) is 17.0 Å². The molecule has 0 spiro atoms. The number of hydrogen-bond donors (Lipinski definition) is 1. The van der Waals surface area contributed by atoms with Gasteiger partial charge in [0.05, 0.1) is 16.4 Å². The Bertz CT molecular complexity index is 1000. The van der Waals surface area contributed by atoms with Gasteiger partial charge in [0, 0.05) is 31.7 Å². The van der Waals surface area contributed by atoms with Crippen molar-refractivity contribution in [2.45, 2.75) is 6.92 Å². The SMILES string of the molecule is Cc1ccccc1-c1ccc(N2CCN(C(=O)Nc3ccccc3Cl)CC2)nn1. The van der Waals surface area contributed by atoms with Crippen LogP contribution in [-0.4, -0.2) is 47.3 Å². The summed E-state index contributed by atoms with van der Waals surface area (Å²) in [5.74, 6) is 0.827. The molecule has 1 aromatic heterocycles. The number of urea groups is 1. The van der Waals surface area contributed by atoms with Crippen LogP contribution in [0.15, 0.2) is 60.7 Å². The van der Waals surface area contributed by atoms with Gasteiger partial charge in [0.25, 0.3) is 0 Å². The Hall–Kier alpha value is -3.12. The molecule has 0 aliphatic carbocycles. The maximum absolute atomic E-state index is 12.5. The molecule has 1 saturated heterocycles. The van der Waals surface area contributed by atoms with Crippen LogP contribution < -0.4 is 10.2 Å². The van der Waals surface area contributed by atoms with Crippen LogP contribution in [-0.2, 0) is 0 Å². The third kappa shape index (κ3) is 4.32. The normalized spacial score (nSPS) is 14.0. The second kappa shape index (κ2) is 8.49. The summed E-state index contributed by atoms with van der Waals surface area (Å²) >= 11 is 6.12. The molecule has 148 valence electrons. The molecule has 0 radical (unpaired) electrons. The zero-order valence-corrected chi connectivity index (χ0v) is 16.9. The Morgan fingerprint density at radius 1 is 0.931 bits per heavy atom. The summed E-state index contributed by atoms with van der Waals surface area (Å²) in [6, 6.07) is 19.2. The van der Waals surface area contributed by atoms with Gasteiger partial charge in [-0.25, -0.2) is 4.79 Å². The number of aryl methyl sites for hydroxylation is 1. The third-order valence-corrected chi connectivity index (χ3v) is 5.41. The molecular formula is C22H22ClN5O. The van der Waals surface area contributed by atoms with Crippen molar-refractivity contribution < 1.29 is 4.79 Å². The first-order valence-electron chi connectivity index (χ1n) is 9.57. The van der Waals surface area contributed by atoms with Crippen molar-refractivity contribution >= 4 is 29.1 Å². The summed E-state index contributed by atoms with van der Waals surface area (Å²) in [5, 5.41) is 12.2. The monoisotopic (exact) mass is 407 g/mol. The van der Waals surface area contributed by atoms with E-state index >= 15 is 0 Å². The van der Waals surface area contributed by atoms with Crippen LogP contribution in [0.4, 0.5) is 16.3 Å². The molecule has 2 heterocycles. The second-order valence-electron chi connectivity index (χ2n) is 6.98. The van der Waals surface area contributed by atoms with E-state index < -0.39 is 0 Å². The highest BCUT2D eigenvalue weighted by Gasteiger charge is 2.22. The van der Waals surface area contributed by atoms with Crippen molar-refractivity contribution in [1.29, 1.82) is 0 Å². The topological polar surface area (TPSA) is 61.4 Å². The Labute approximate surface area is 175 Å². The summed E-state index contributed by atoms with van der Waals surface area (Å²) in [6.07, 6.45) is 0. The van der Waals surface area contributed by atoms with E-state index in [0.717, 1.165) is 17.1 Å². The van der Waals surface area contributed by atoms with Gasteiger partial charge in [-0.15, -0.1) is 10.2 Å². The van der Waals surface area contributed by atoms with Crippen molar-refractivity contribution in [2.75, 3.05) is 36.4 Å². The number of rotatable bonds is 3. The lowest BCUT2D eigenvalue weighted by molar-refractivity contribution is 0.208. The average Bonchev–Trinajstić information content (AvgIpc) is 2.76. The quantitative estimate of drug-likeness (QED) is 0.696. The van der Waals surface area contributed by atoms with E-state index in [2.05, 4.69) is 39.5 Å². The van der Waals surface area contributed by atoms with Gasteiger partial charge in [-0.2, -0.15) is 0 Å². The molecule has 0 bridgehead atoms. The van der Waals surface area contributed by atoms with Gasteiger partial charge in [0.2, 0.25) is 0 Å². The minimum absolute atomic E-state index is 0.140. The summed E-state index contributed by atoms with van der Waals surface area (Å²) in [6.45, 7) is 4.69. The van der Waals surface area contributed by atoms with Crippen molar-refractivity contribution in [3.8, 4) is 11.3 Å². The number of benzene rings is 2. The number of nitrogens with zero attached hydrogens (tertiary/aromatic N) is 4. The smallest absolute Gasteiger partial charge is 0.322 e. The molecule has 0 saturated carbocycles. The van der Waals surface area contributed by atoms with Gasteiger partial charge in [-0.1, -0.05) is 48.0 Å². The number of halogens is 1. The molecule has 29 heavy (non-hydrogen) atoms. The van der Waals surface area contributed by atoms with Crippen LogP contribution in [0.3, 0.4) is 0 Å². The van der Waals surface area contributed by atoms with E-state index in [4.69, 9.17) is 11.6 Å². The standard InChI is InChI=1S/C22H22ClN5O/c1-16-6-2-3-7-17(16)19-10-11-21(26-25-19)27-12-14-28(15-13-27)22(29)24-20-9-5-4-8-18(20)23/h2-11H,12-15H2,1H3,(H,24,29). The number of hydrogen-bond acceptors (Lipinski definition) is 4. The molecule has 2 aromatic carbocycles. The molecule has 6 nitrogen and oxygen atoms in total. The number of para-hydroxylation sites is 1. The molecule has 1 N–H and O–H groups in total. The van der Waals surface area contributed by atoms with E-state index in [-0.39, 0.29) is 6.03 Å². The summed E-state index contributed by atoms with van der Waals surface area (Å²) in [5.41, 5.74) is 3.75.